The quantitative estimate of drug-likeness (QED) is 0.708. The van der Waals surface area contributed by atoms with Gasteiger partial charge in [-0.2, -0.15) is 0 Å². The van der Waals surface area contributed by atoms with E-state index in [9.17, 15) is 0 Å². The Bertz CT molecular complexity index is 786. The highest BCUT2D eigenvalue weighted by Crippen LogP contribution is 2.20. The monoisotopic (exact) mass is 330 g/mol. The second-order valence-electron chi connectivity index (χ2n) is 4.49. The summed E-state index contributed by atoms with van der Waals surface area (Å²) in [5, 5.41) is 10.8. The van der Waals surface area contributed by atoms with Crippen molar-refractivity contribution in [2.45, 2.75) is 6.92 Å². The van der Waals surface area contributed by atoms with Crippen LogP contribution in [0.3, 0.4) is 0 Å². The summed E-state index contributed by atoms with van der Waals surface area (Å²) in [5.74, 6) is 0.841. The summed E-state index contributed by atoms with van der Waals surface area (Å²) in [6.45, 7) is 2.61. The lowest BCUT2D eigenvalue weighted by Gasteiger charge is -2.11. The summed E-state index contributed by atoms with van der Waals surface area (Å²) in [7, 11) is 0. The number of aromatic nitrogens is 2. The molecule has 0 aliphatic carbocycles. The maximum Gasteiger partial charge on any atom is 0.175 e. The second-order valence-corrected chi connectivity index (χ2v) is 5.69. The van der Waals surface area contributed by atoms with Crippen molar-refractivity contribution in [3.05, 3.63) is 42.5 Å². The maximum absolute atomic E-state index is 5.41. The fraction of sp³-hybridized carbons (Fsp3) is 0.133. The van der Waals surface area contributed by atoms with Crippen molar-refractivity contribution in [1.29, 1.82) is 0 Å². The predicted octanol–water partition coefficient (Wildman–Crippen LogP) is 3.90. The van der Waals surface area contributed by atoms with Crippen LogP contribution in [0.4, 0.5) is 11.4 Å². The molecule has 2 N–H and O–H groups in total. The zero-order valence-corrected chi connectivity index (χ0v) is 13.5. The Balaban J connectivity index is 1.63. The van der Waals surface area contributed by atoms with Gasteiger partial charge in [-0.05, 0) is 73.1 Å². The Kier molecular flexibility index (Phi) is 4.45. The fourth-order valence-corrected chi connectivity index (χ4v) is 2.73. The van der Waals surface area contributed by atoms with Crippen LogP contribution in [0.25, 0.3) is 10.2 Å². The Labute approximate surface area is 137 Å². The van der Waals surface area contributed by atoms with Crippen molar-refractivity contribution in [3.8, 4) is 5.75 Å². The molecule has 112 valence electrons. The Hall–Kier alpha value is -2.25. The summed E-state index contributed by atoms with van der Waals surface area (Å²) in [6, 6.07) is 13.5. The molecule has 5 nitrogen and oxygen atoms in total. The molecule has 0 fully saturated rings. The van der Waals surface area contributed by atoms with Crippen molar-refractivity contribution in [1.82, 2.24) is 9.59 Å². The van der Waals surface area contributed by atoms with E-state index in [0.29, 0.717) is 11.7 Å². The molecule has 3 rings (SSSR count). The number of fused-ring (bicyclic) bond motifs is 1. The van der Waals surface area contributed by atoms with Crippen LogP contribution in [0.5, 0.6) is 5.75 Å². The van der Waals surface area contributed by atoms with Crippen LogP contribution in [-0.4, -0.2) is 21.3 Å². The summed E-state index contributed by atoms with van der Waals surface area (Å²) in [6.07, 6.45) is 0. The molecular weight excluding hydrogens is 316 g/mol. The highest BCUT2D eigenvalue weighted by molar-refractivity contribution is 7.80. The van der Waals surface area contributed by atoms with Gasteiger partial charge < -0.3 is 15.4 Å². The third-order valence-electron chi connectivity index (χ3n) is 2.93. The minimum Gasteiger partial charge on any atom is -0.494 e. The number of thiocarbonyl (C=S) groups is 1. The van der Waals surface area contributed by atoms with E-state index in [4.69, 9.17) is 17.0 Å². The first kappa shape index (κ1) is 14.7. The molecule has 0 bridgehead atoms. The third kappa shape index (κ3) is 3.49. The molecule has 22 heavy (non-hydrogen) atoms. The molecule has 0 unspecified atom stereocenters. The van der Waals surface area contributed by atoms with Gasteiger partial charge in [0.25, 0.3) is 0 Å². The molecule has 0 amide bonds. The van der Waals surface area contributed by atoms with E-state index in [1.54, 1.807) is 0 Å². The van der Waals surface area contributed by atoms with Crippen LogP contribution in [0.1, 0.15) is 6.92 Å². The molecule has 7 heteroatoms. The third-order valence-corrected chi connectivity index (χ3v) is 3.84. The zero-order chi connectivity index (χ0) is 15.4. The van der Waals surface area contributed by atoms with Crippen molar-refractivity contribution in [2.75, 3.05) is 17.2 Å². The smallest absolute Gasteiger partial charge is 0.175 e. The number of hydrogen-bond donors (Lipinski definition) is 2. The number of nitrogens with one attached hydrogen (secondary N) is 2. The molecule has 2 aromatic carbocycles. The molecule has 0 spiro atoms. The number of anilines is 2. The van der Waals surface area contributed by atoms with E-state index < -0.39 is 0 Å². The van der Waals surface area contributed by atoms with Gasteiger partial charge in [-0.15, -0.1) is 5.10 Å². The molecule has 0 saturated heterocycles. The van der Waals surface area contributed by atoms with Gasteiger partial charge in [0.1, 0.15) is 11.3 Å². The van der Waals surface area contributed by atoms with Crippen LogP contribution in [0.15, 0.2) is 42.5 Å². The van der Waals surface area contributed by atoms with Crippen LogP contribution < -0.4 is 15.4 Å². The largest absolute Gasteiger partial charge is 0.494 e. The van der Waals surface area contributed by atoms with Crippen LogP contribution in [0, 0.1) is 0 Å². The van der Waals surface area contributed by atoms with E-state index in [-0.39, 0.29) is 0 Å². The van der Waals surface area contributed by atoms with Gasteiger partial charge in [0.05, 0.1) is 11.3 Å². The highest BCUT2D eigenvalue weighted by Gasteiger charge is 2.03. The fourth-order valence-electron chi connectivity index (χ4n) is 1.95. The summed E-state index contributed by atoms with van der Waals surface area (Å²) in [5.41, 5.74) is 2.64. The number of benzene rings is 2. The normalized spacial score (nSPS) is 10.4. The van der Waals surface area contributed by atoms with E-state index in [1.165, 1.54) is 11.5 Å². The van der Waals surface area contributed by atoms with Crippen molar-refractivity contribution >= 4 is 50.5 Å². The summed E-state index contributed by atoms with van der Waals surface area (Å²) < 4.78 is 10.4. The number of ether oxygens (including phenoxy) is 1. The van der Waals surface area contributed by atoms with Crippen LogP contribution in [-0.2, 0) is 0 Å². The van der Waals surface area contributed by atoms with E-state index in [1.807, 2.05) is 49.4 Å². The maximum atomic E-state index is 5.41. The first-order valence-electron chi connectivity index (χ1n) is 6.77. The Morgan fingerprint density at radius 3 is 2.64 bits per heavy atom. The summed E-state index contributed by atoms with van der Waals surface area (Å²) >= 11 is 6.69. The van der Waals surface area contributed by atoms with Gasteiger partial charge >= 0.3 is 0 Å². The van der Waals surface area contributed by atoms with Gasteiger partial charge in [-0.1, -0.05) is 4.49 Å². The van der Waals surface area contributed by atoms with Gasteiger partial charge in [0, 0.05) is 11.4 Å². The molecular formula is C15H14N4OS2. The Morgan fingerprint density at radius 1 is 1.14 bits per heavy atom. The number of hydrogen-bond acceptors (Lipinski definition) is 5. The average Bonchev–Trinajstić information content (AvgIpc) is 2.97. The minimum absolute atomic E-state index is 0.520. The van der Waals surface area contributed by atoms with E-state index >= 15 is 0 Å². The van der Waals surface area contributed by atoms with Gasteiger partial charge in [0.2, 0.25) is 0 Å². The standard InChI is InChI=1S/C15H14N4OS2/c1-2-20-12-6-3-10(4-7-12)16-15(21)17-11-5-8-14-13(9-11)18-19-22-14/h3-9H,2H2,1H3,(H2,16,17,21). The molecule has 0 aliphatic heterocycles. The number of rotatable bonds is 4. The van der Waals surface area contributed by atoms with Crippen molar-refractivity contribution < 1.29 is 4.74 Å². The SMILES string of the molecule is CCOc1ccc(NC(=S)Nc2ccc3snnc3c2)cc1. The van der Waals surface area contributed by atoms with E-state index in [0.717, 1.165) is 27.3 Å². The minimum atomic E-state index is 0.520. The number of nitrogens with zero attached hydrogens (tertiary/aromatic N) is 2. The molecule has 0 radical (unpaired) electrons. The zero-order valence-electron chi connectivity index (χ0n) is 11.9. The van der Waals surface area contributed by atoms with Gasteiger partial charge in [-0.25, -0.2) is 0 Å². The molecule has 1 heterocycles. The molecule has 0 atom stereocenters. The summed E-state index contributed by atoms with van der Waals surface area (Å²) in [4.78, 5) is 0. The predicted molar refractivity (Wildman–Crippen MR) is 94.9 cm³/mol. The molecule has 3 aromatic rings. The van der Waals surface area contributed by atoms with Crippen molar-refractivity contribution in [3.63, 3.8) is 0 Å². The average molecular weight is 330 g/mol. The second kappa shape index (κ2) is 6.67. The molecule has 0 aliphatic rings. The van der Waals surface area contributed by atoms with E-state index in [2.05, 4.69) is 20.2 Å². The lowest BCUT2D eigenvalue weighted by atomic mass is 10.3. The van der Waals surface area contributed by atoms with Crippen molar-refractivity contribution in [2.24, 2.45) is 0 Å². The van der Waals surface area contributed by atoms with Crippen LogP contribution >= 0.6 is 23.8 Å². The molecule has 0 saturated carbocycles. The van der Waals surface area contributed by atoms with Crippen LogP contribution in [0.2, 0.25) is 0 Å². The first-order valence-corrected chi connectivity index (χ1v) is 7.96. The lowest BCUT2D eigenvalue weighted by Crippen LogP contribution is -2.18. The first-order chi connectivity index (χ1) is 10.7. The lowest BCUT2D eigenvalue weighted by molar-refractivity contribution is 0.340. The molecule has 1 aromatic heterocycles. The topological polar surface area (TPSA) is 59.1 Å². The highest BCUT2D eigenvalue weighted by atomic mass is 32.1. The Morgan fingerprint density at radius 2 is 1.86 bits per heavy atom. The van der Waals surface area contributed by atoms with Gasteiger partial charge in [-0.3, -0.25) is 0 Å². The van der Waals surface area contributed by atoms with Gasteiger partial charge in [0.15, 0.2) is 5.11 Å².